The van der Waals surface area contributed by atoms with E-state index in [1.54, 1.807) is 11.0 Å². The number of amides is 2. The third kappa shape index (κ3) is 5.35. The molecule has 2 heterocycles. The number of imidazole rings is 1. The van der Waals surface area contributed by atoms with Crippen molar-refractivity contribution < 1.29 is 14.3 Å². The van der Waals surface area contributed by atoms with Crippen LogP contribution in [0.1, 0.15) is 27.2 Å². The van der Waals surface area contributed by atoms with Crippen LogP contribution in [-0.2, 0) is 16.1 Å². The van der Waals surface area contributed by atoms with Gasteiger partial charge < -0.3 is 14.2 Å². The normalized spacial score (nSPS) is 13.9. The van der Waals surface area contributed by atoms with Crippen molar-refractivity contribution in [1.29, 1.82) is 0 Å². The molecule has 1 aromatic carbocycles. The zero-order chi connectivity index (χ0) is 21.2. The summed E-state index contributed by atoms with van der Waals surface area (Å²) >= 11 is 0. The molecule has 8 heteroatoms. The Kier molecular flexibility index (Phi) is 5.93. The topological polar surface area (TPSA) is 79.7 Å². The molecule has 1 aromatic heterocycles. The average Bonchev–Trinajstić information content (AvgIpc) is 3.03. The average molecular weight is 399 g/mol. The summed E-state index contributed by atoms with van der Waals surface area (Å²) in [5.41, 5.74) is 1.69. The van der Waals surface area contributed by atoms with Crippen LogP contribution in [0.2, 0.25) is 0 Å². The van der Waals surface area contributed by atoms with Crippen molar-refractivity contribution in [3.63, 3.8) is 0 Å². The van der Waals surface area contributed by atoms with Gasteiger partial charge in [0.25, 0.3) is 0 Å². The van der Waals surface area contributed by atoms with Crippen molar-refractivity contribution >= 4 is 23.6 Å². The number of hydrogen-bond donors (Lipinski definition) is 1. The van der Waals surface area contributed by atoms with Crippen molar-refractivity contribution in [3.05, 3.63) is 30.5 Å². The number of ether oxygens (including phenoxy) is 1. The van der Waals surface area contributed by atoms with Gasteiger partial charge in [-0.2, -0.15) is 0 Å². The van der Waals surface area contributed by atoms with Gasteiger partial charge >= 0.3 is 6.09 Å². The lowest BCUT2D eigenvalue weighted by atomic mass is 10.1. The Labute approximate surface area is 171 Å². The zero-order valence-corrected chi connectivity index (χ0v) is 17.7. The van der Waals surface area contributed by atoms with Gasteiger partial charge in [-0.25, -0.2) is 9.78 Å². The van der Waals surface area contributed by atoms with E-state index in [1.807, 2.05) is 68.7 Å². The van der Waals surface area contributed by atoms with Crippen LogP contribution in [0.4, 0.5) is 16.4 Å². The fourth-order valence-corrected chi connectivity index (χ4v) is 3.19. The fourth-order valence-electron chi connectivity index (χ4n) is 3.19. The number of rotatable bonds is 4. The first-order valence-corrected chi connectivity index (χ1v) is 9.75. The van der Waals surface area contributed by atoms with E-state index in [2.05, 4.69) is 5.32 Å². The van der Waals surface area contributed by atoms with Crippen LogP contribution in [0.5, 0.6) is 0 Å². The number of hydrogen-bond acceptors (Lipinski definition) is 5. The number of aromatic nitrogens is 2. The number of nitrogens with zero attached hydrogens (tertiary/aromatic N) is 4. The maximum Gasteiger partial charge on any atom is 0.412 e. The second-order valence-electron chi connectivity index (χ2n) is 8.46. The standard InChI is InChI=1S/C21H29N5O3/c1-21(2,3)29-20(28)22-16-9-6-8-15(12-16)17-13-25-10-7-11-26(19(25)23-17)18(27)14-24(4)5/h6,8-9,12-13H,7,10-11,14H2,1-5H3,(H,22,28). The van der Waals surface area contributed by atoms with E-state index >= 15 is 0 Å². The van der Waals surface area contributed by atoms with Crippen molar-refractivity contribution in [1.82, 2.24) is 14.5 Å². The number of carbonyl (C=O) groups is 2. The Balaban J connectivity index is 1.81. The number of fused-ring (bicyclic) bond motifs is 1. The van der Waals surface area contributed by atoms with Gasteiger partial charge in [0.2, 0.25) is 11.9 Å². The van der Waals surface area contributed by atoms with Crippen LogP contribution in [0.3, 0.4) is 0 Å². The number of aryl methyl sites for hydroxylation is 1. The van der Waals surface area contributed by atoms with Gasteiger partial charge in [0.15, 0.2) is 0 Å². The molecule has 29 heavy (non-hydrogen) atoms. The van der Waals surface area contributed by atoms with E-state index < -0.39 is 11.7 Å². The second-order valence-corrected chi connectivity index (χ2v) is 8.46. The highest BCUT2D eigenvalue weighted by Gasteiger charge is 2.25. The molecule has 0 aliphatic carbocycles. The SMILES string of the molecule is CN(C)CC(=O)N1CCCn2cc(-c3cccc(NC(=O)OC(C)(C)C)c3)nc21. The monoisotopic (exact) mass is 399 g/mol. The molecule has 0 radical (unpaired) electrons. The van der Waals surface area contributed by atoms with Gasteiger partial charge in [-0.1, -0.05) is 12.1 Å². The maximum absolute atomic E-state index is 12.6. The lowest BCUT2D eigenvalue weighted by Gasteiger charge is -2.28. The first-order valence-electron chi connectivity index (χ1n) is 9.75. The van der Waals surface area contributed by atoms with Gasteiger partial charge in [-0.05, 0) is 53.4 Å². The summed E-state index contributed by atoms with van der Waals surface area (Å²) in [5, 5.41) is 2.75. The predicted octanol–water partition coefficient (Wildman–Crippen LogP) is 3.20. The minimum Gasteiger partial charge on any atom is -0.444 e. The second kappa shape index (κ2) is 8.24. The lowest BCUT2D eigenvalue weighted by Crippen LogP contribution is -2.42. The summed E-state index contributed by atoms with van der Waals surface area (Å²) in [6.45, 7) is 7.30. The third-order valence-electron chi connectivity index (χ3n) is 4.33. The summed E-state index contributed by atoms with van der Waals surface area (Å²) in [7, 11) is 3.76. The number of benzene rings is 1. The number of carbonyl (C=O) groups excluding carboxylic acids is 2. The highest BCUT2D eigenvalue weighted by molar-refractivity contribution is 5.94. The van der Waals surface area contributed by atoms with Crippen LogP contribution >= 0.6 is 0 Å². The van der Waals surface area contributed by atoms with E-state index in [9.17, 15) is 9.59 Å². The Morgan fingerprint density at radius 1 is 1.24 bits per heavy atom. The van der Waals surface area contributed by atoms with Crippen LogP contribution in [0.15, 0.2) is 30.5 Å². The molecule has 8 nitrogen and oxygen atoms in total. The zero-order valence-electron chi connectivity index (χ0n) is 17.7. The Bertz CT molecular complexity index is 898. The summed E-state index contributed by atoms with van der Waals surface area (Å²) in [6.07, 6.45) is 2.35. The van der Waals surface area contributed by atoms with Gasteiger partial charge in [-0.3, -0.25) is 15.0 Å². The van der Waals surface area contributed by atoms with Gasteiger partial charge in [0, 0.05) is 30.5 Å². The maximum atomic E-state index is 12.6. The largest absolute Gasteiger partial charge is 0.444 e. The van der Waals surface area contributed by atoms with Gasteiger partial charge in [-0.15, -0.1) is 0 Å². The molecule has 0 spiro atoms. The lowest BCUT2D eigenvalue weighted by molar-refractivity contribution is -0.119. The van der Waals surface area contributed by atoms with Crippen LogP contribution < -0.4 is 10.2 Å². The number of likely N-dealkylation sites (N-methyl/N-ethyl adjacent to an activating group) is 1. The minimum atomic E-state index is -0.562. The molecular weight excluding hydrogens is 370 g/mol. The summed E-state index contributed by atoms with van der Waals surface area (Å²) < 4.78 is 7.32. The molecule has 2 aromatic rings. The molecule has 156 valence electrons. The third-order valence-corrected chi connectivity index (χ3v) is 4.33. The molecule has 1 aliphatic rings. The van der Waals surface area contributed by atoms with E-state index in [4.69, 9.17) is 9.72 Å². The van der Waals surface area contributed by atoms with Gasteiger partial charge in [0.1, 0.15) is 5.60 Å². The molecule has 1 aliphatic heterocycles. The van der Waals surface area contributed by atoms with Crippen LogP contribution in [0, 0.1) is 0 Å². The summed E-state index contributed by atoms with van der Waals surface area (Å²) in [4.78, 5) is 32.9. The molecule has 2 amide bonds. The Morgan fingerprint density at radius 3 is 2.69 bits per heavy atom. The molecule has 1 N–H and O–H groups in total. The van der Waals surface area contributed by atoms with Gasteiger partial charge in [0.05, 0.1) is 12.2 Å². The fraction of sp³-hybridized carbons (Fsp3) is 0.476. The minimum absolute atomic E-state index is 0.0356. The Hall–Kier alpha value is -2.87. The highest BCUT2D eigenvalue weighted by atomic mass is 16.6. The number of nitrogens with one attached hydrogen (secondary N) is 1. The molecule has 0 fully saturated rings. The molecule has 0 bridgehead atoms. The van der Waals surface area contributed by atoms with E-state index in [-0.39, 0.29) is 5.91 Å². The first-order chi connectivity index (χ1) is 13.6. The summed E-state index contributed by atoms with van der Waals surface area (Å²) in [5.74, 6) is 0.706. The van der Waals surface area contributed by atoms with Crippen molar-refractivity contribution in [2.45, 2.75) is 39.3 Å². The van der Waals surface area contributed by atoms with Crippen LogP contribution in [0.25, 0.3) is 11.3 Å². The molecule has 3 rings (SSSR count). The predicted molar refractivity (Wildman–Crippen MR) is 113 cm³/mol. The summed E-state index contributed by atoms with van der Waals surface area (Å²) in [6, 6.07) is 7.44. The highest BCUT2D eigenvalue weighted by Crippen LogP contribution is 2.28. The van der Waals surface area contributed by atoms with E-state index in [0.29, 0.717) is 24.7 Å². The molecule has 0 saturated heterocycles. The van der Waals surface area contributed by atoms with E-state index in [1.165, 1.54) is 0 Å². The molecular formula is C21H29N5O3. The van der Waals surface area contributed by atoms with Crippen molar-refractivity contribution in [2.24, 2.45) is 0 Å². The smallest absolute Gasteiger partial charge is 0.412 e. The van der Waals surface area contributed by atoms with Crippen LogP contribution in [-0.4, -0.2) is 59.2 Å². The van der Waals surface area contributed by atoms with Crippen molar-refractivity contribution in [2.75, 3.05) is 37.4 Å². The Morgan fingerprint density at radius 2 is 2.00 bits per heavy atom. The molecule has 0 atom stereocenters. The van der Waals surface area contributed by atoms with Crippen molar-refractivity contribution in [3.8, 4) is 11.3 Å². The molecule has 0 unspecified atom stereocenters. The number of anilines is 2. The molecule has 0 saturated carbocycles. The van der Waals surface area contributed by atoms with E-state index in [0.717, 1.165) is 24.2 Å². The first kappa shape index (κ1) is 20.9. The quantitative estimate of drug-likeness (QED) is 0.854.